The maximum absolute atomic E-state index is 11.9. The van der Waals surface area contributed by atoms with Gasteiger partial charge in [0.1, 0.15) is 0 Å². The second-order valence-electron chi connectivity index (χ2n) is 4.94. The zero-order valence-corrected chi connectivity index (χ0v) is 12.7. The Morgan fingerprint density at radius 3 is 2.53 bits per heavy atom. The Morgan fingerprint density at radius 1 is 1.32 bits per heavy atom. The maximum atomic E-state index is 11.9. The highest BCUT2D eigenvalue weighted by atomic mass is 32.2. The number of hydrogen-bond acceptors (Lipinski definition) is 4. The number of carbonyl (C=O) groups is 1. The van der Waals surface area contributed by atoms with Crippen LogP contribution in [0.4, 0.5) is 0 Å². The average Bonchev–Trinajstić information content (AvgIpc) is 2.90. The fraction of sp³-hybridized carbons (Fsp3) is 0.917. The topological polar surface area (TPSA) is 69.7 Å². The van der Waals surface area contributed by atoms with E-state index in [-0.39, 0.29) is 11.7 Å². The summed E-state index contributed by atoms with van der Waals surface area (Å²) in [5, 5.41) is 2.97. The van der Waals surface area contributed by atoms with E-state index in [1.807, 2.05) is 7.05 Å². The summed E-state index contributed by atoms with van der Waals surface area (Å²) in [5.74, 6) is 0.0883. The van der Waals surface area contributed by atoms with E-state index in [0.717, 1.165) is 19.4 Å². The third-order valence-corrected chi connectivity index (χ3v) is 5.33. The Morgan fingerprint density at radius 2 is 1.95 bits per heavy atom. The van der Waals surface area contributed by atoms with Crippen LogP contribution in [-0.2, 0) is 14.8 Å². The first kappa shape index (κ1) is 16.4. The van der Waals surface area contributed by atoms with E-state index >= 15 is 0 Å². The van der Waals surface area contributed by atoms with E-state index in [9.17, 15) is 13.2 Å². The molecule has 1 fully saturated rings. The van der Waals surface area contributed by atoms with Crippen molar-refractivity contribution >= 4 is 15.9 Å². The molecule has 19 heavy (non-hydrogen) atoms. The summed E-state index contributed by atoms with van der Waals surface area (Å²) in [6.07, 6.45) is 2.60. The summed E-state index contributed by atoms with van der Waals surface area (Å²) in [6, 6.07) is 0. The highest BCUT2D eigenvalue weighted by molar-refractivity contribution is 7.89. The number of nitrogens with zero attached hydrogens (tertiary/aromatic N) is 2. The second-order valence-corrected chi connectivity index (χ2v) is 7.03. The van der Waals surface area contributed by atoms with Gasteiger partial charge in [0, 0.05) is 39.6 Å². The van der Waals surface area contributed by atoms with Crippen LogP contribution in [-0.4, -0.2) is 69.6 Å². The predicted octanol–water partition coefficient (Wildman–Crippen LogP) is -0.130. The van der Waals surface area contributed by atoms with Crippen LogP contribution in [0.5, 0.6) is 0 Å². The Labute approximate surface area is 116 Å². The molecule has 0 aromatic carbocycles. The Bertz CT molecular complexity index is 378. The zero-order chi connectivity index (χ0) is 14.3. The van der Waals surface area contributed by atoms with E-state index in [0.29, 0.717) is 32.5 Å². The molecule has 1 saturated heterocycles. The van der Waals surface area contributed by atoms with Crippen LogP contribution in [0.3, 0.4) is 0 Å². The minimum absolute atomic E-state index is 0.00636. The van der Waals surface area contributed by atoms with E-state index < -0.39 is 10.0 Å². The van der Waals surface area contributed by atoms with Crippen molar-refractivity contribution in [1.82, 2.24) is 14.5 Å². The van der Waals surface area contributed by atoms with Gasteiger partial charge in [0.2, 0.25) is 15.9 Å². The number of carbonyl (C=O) groups excluding carboxylic acids is 1. The summed E-state index contributed by atoms with van der Waals surface area (Å²) in [4.78, 5) is 13.4. The quantitative estimate of drug-likeness (QED) is 0.676. The summed E-state index contributed by atoms with van der Waals surface area (Å²) in [7, 11) is 0.431. The standard InChI is InChI=1S/C12H25N3O3S/c1-13-7-10-14(2)12(16)6-5-11-19(17,18)15-8-3-4-9-15/h13H,3-11H2,1-2H3. The van der Waals surface area contributed by atoms with Gasteiger partial charge in [0.15, 0.2) is 0 Å². The molecule has 1 aliphatic heterocycles. The number of likely N-dealkylation sites (N-methyl/N-ethyl adjacent to an activating group) is 2. The van der Waals surface area contributed by atoms with Crippen molar-refractivity contribution in [2.75, 3.05) is 46.0 Å². The molecule has 0 unspecified atom stereocenters. The molecule has 1 N–H and O–H groups in total. The van der Waals surface area contributed by atoms with Crippen LogP contribution in [0.1, 0.15) is 25.7 Å². The first-order valence-corrected chi connectivity index (χ1v) is 8.44. The van der Waals surface area contributed by atoms with Crippen molar-refractivity contribution in [2.45, 2.75) is 25.7 Å². The smallest absolute Gasteiger partial charge is 0.222 e. The molecular formula is C12H25N3O3S. The number of sulfonamides is 1. The third-order valence-electron chi connectivity index (χ3n) is 3.37. The van der Waals surface area contributed by atoms with E-state index in [4.69, 9.17) is 0 Å². The molecule has 0 spiro atoms. The Kier molecular flexibility index (Phi) is 6.74. The van der Waals surface area contributed by atoms with Gasteiger partial charge >= 0.3 is 0 Å². The van der Waals surface area contributed by atoms with Crippen LogP contribution in [0, 0.1) is 0 Å². The SMILES string of the molecule is CNCCN(C)C(=O)CCCS(=O)(=O)N1CCCC1. The molecule has 0 bridgehead atoms. The predicted molar refractivity (Wildman–Crippen MR) is 75.4 cm³/mol. The van der Waals surface area contributed by atoms with Crippen LogP contribution in [0.15, 0.2) is 0 Å². The summed E-state index contributed by atoms with van der Waals surface area (Å²) < 4.78 is 25.4. The van der Waals surface area contributed by atoms with E-state index in [1.54, 1.807) is 16.3 Å². The number of nitrogens with one attached hydrogen (secondary N) is 1. The lowest BCUT2D eigenvalue weighted by molar-refractivity contribution is -0.129. The molecule has 0 aliphatic carbocycles. The van der Waals surface area contributed by atoms with Crippen molar-refractivity contribution in [3.63, 3.8) is 0 Å². The largest absolute Gasteiger partial charge is 0.344 e. The van der Waals surface area contributed by atoms with Crippen LogP contribution < -0.4 is 5.32 Å². The van der Waals surface area contributed by atoms with Gasteiger partial charge in [-0.2, -0.15) is 0 Å². The second kappa shape index (κ2) is 7.81. The minimum atomic E-state index is -3.15. The summed E-state index contributed by atoms with van der Waals surface area (Å²) in [6.45, 7) is 2.67. The molecule has 1 aliphatic rings. The van der Waals surface area contributed by atoms with Gasteiger partial charge in [0.25, 0.3) is 0 Å². The van der Waals surface area contributed by atoms with E-state index in [2.05, 4.69) is 5.32 Å². The lowest BCUT2D eigenvalue weighted by atomic mass is 10.3. The number of hydrogen-bond donors (Lipinski definition) is 1. The maximum Gasteiger partial charge on any atom is 0.222 e. The van der Waals surface area contributed by atoms with Crippen molar-refractivity contribution < 1.29 is 13.2 Å². The van der Waals surface area contributed by atoms with Crippen molar-refractivity contribution in [3.05, 3.63) is 0 Å². The molecule has 1 heterocycles. The van der Waals surface area contributed by atoms with Crippen LogP contribution >= 0.6 is 0 Å². The third kappa shape index (κ3) is 5.46. The normalized spacial score (nSPS) is 16.7. The van der Waals surface area contributed by atoms with Gasteiger partial charge < -0.3 is 10.2 Å². The fourth-order valence-electron chi connectivity index (χ4n) is 2.10. The minimum Gasteiger partial charge on any atom is -0.344 e. The highest BCUT2D eigenvalue weighted by Crippen LogP contribution is 2.14. The number of rotatable bonds is 8. The van der Waals surface area contributed by atoms with Gasteiger partial charge in [0.05, 0.1) is 5.75 Å². The number of amides is 1. The molecule has 0 saturated carbocycles. The molecule has 0 radical (unpaired) electrons. The summed E-state index contributed by atoms with van der Waals surface area (Å²) in [5.41, 5.74) is 0. The molecule has 0 atom stereocenters. The van der Waals surface area contributed by atoms with Gasteiger partial charge in [-0.1, -0.05) is 0 Å². The monoisotopic (exact) mass is 291 g/mol. The van der Waals surface area contributed by atoms with Crippen LogP contribution in [0.25, 0.3) is 0 Å². The van der Waals surface area contributed by atoms with Crippen LogP contribution in [0.2, 0.25) is 0 Å². The zero-order valence-electron chi connectivity index (χ0n) is 11.9. The lowest BCUT2D eigenvalue weighted by Crippen LogP contribution is -2.34. The van der Waals surface area contributed by atoms with Gasteiger partial charge in [-0.15, -0.1) is 0 Å². The van der Waals surface area contributed by atoms with Crippen molar-refractivity contribution in [3.8, 4) is 0 Å². The molecule has 0 aromatic rings. The Hall–Kier alpha value is -0.660. The molecule has 7 heteroatoms. The van der Waals surface area contributed by atoms with Gasteiger partial charge in [-0.25, -0.2) is 12.7 Å². The average molecular weight is 291 g/mol. The highest BCUT2D eigenvalue weighted by Gasteiger charge is 2.25. The molecule has 0 aromatic heterocycles. The molecule has 1 rings (SSSR count). The molecule has 112 valence electrons. The molecular weight excluding hydrogens is 266 g/mol. The molecule has 1 amide bonds. The van der Waals surface area contributed by atoms with Crippen molar-refractivity contribution in [1.29, 1.82) is 0 Å². The van der Waals surface area contributed by atoms with Gasteiger partial charge in [-0.05, 0) is 26.3 Å². The lowest BCUT2D eigenvalue weighted by Gasteiger charge is -2.18. The van der Waals surface area contributed by atoms with Gasteiger partial charge in [-0.3, -0.25) is 4.79 Å². The first-order chi connectivity index (χ1) is 8.97. The molecule has 6 nitrogen and oxygen atoms in total. The Balaban J connectivity index is 2.27. The fourth-order valence-corrected chi connectivity index (χ4v) is 3.68. The van der Waals surface area contributed by atoms with E-state index in [1.165, 1.54) is 0 Å². The summed E-state index contributed by atoms with van der Waals surface area (Å²) >= 11 is 0. The van der Waals surface area contributed by atoms with Crippen molar-refractivity contribution in [2.24, 2.45) is 0 Å². The first-order valence-electron chi connectivity index (χ1n) is 6.84.